The summed E-state index contributed by atoms with van der Waals surface area (Å²) in [5.41, 5.74) is 0. The molecule has 0 aromatic heterocycles. The quantitative estimate of drug-likeness (QED) is 0.649. The van der Waals surface area contributed by atoms with Crippen LogP contribution in [0.5, 0.6) is 0 Å². The van der Waals surface area contributed by atoms with Crippen molar-refractivity contribution in [2.75, 3.05) is 31.2 Å². The maximum absolute atomic E-state index is 5.58. The third-order valence-electron chi connectivity index (χ3n) is 2.52. The number of ether oxygens (including phenoxy) is 1. The predicted molar refractivity (Wildman–Crippen MR) is 68.6 cm³/mol. The van der Waals surface area contributed by atoms with Gasteiger partial charge in [-0.2, -0.15) is 11.8 Å². The van der Waals surface area contributed by atoms with E-state index in [0.29, 0.717) is 6.10 Å². The summed E-state index contributed by atoms with van der Waals surface area (Å²) in [6.07, 6.45) is 4.38. The Morgan fingerprint density at radius 2 is 2.33 bits per heavy atom. The Morgan fingerprint density at radius 3 is 3.00 bits per heavy atom. The van der Waals surface area contributed by atoms with E-state index in [2.05, 4.69) is 19.2 Å². The van der Waals surface area contributed by atoms with E-state index in [1.807, 2.05) is 11.8 Å². The molecule has 0 spiro atoms. The van der Waals surface area contributed by atoms with Gasteiger partial charge < -0.3 is 10.1 Å². The van der Waals surface area contributed by atoms with Gasteiger partial charge in [-0.3, -0.25) is 0 Å². The molecule has 90 valence electrons. The first-order chi connectivity index (χ1) is 7.29. The first-order valence-corrected chi connectivity index (χ1v) is 7.34. The van der Waals surface area contributed by atoms with E-state index in [4.69, 9.17) is 4.74 Å². The lowest BCUT2D eigenvalue weighted by Gasteiger charge is -2.09. The summed E-state index contributed by atoms with van der Waals surface area (Å²) in [7, 11) is 0. The van der Waals surface area contributed by atoms with E-state index in [-0.39, 0.29) is 0 Å². The number of hydrogen-bond acceptors (Lipinski definition) is 3. The standard InChI is InChI=1S/C12H25NOS/c1-11(2)9-13-6-4-8-15-10-12-5-3-7-14-12/h11-13H,3-10H2,1-2H3. The third-order valence-corrected chi connectivity index (χ3v) is 3.71. The van der Waals surface area contributed by atoms with Gasteiger partial charge in [0.1, 0.15) is 0 Å². The van der Waals surface area contributed by atoms with E-state index >= 15 is 0 Å². The third kappa shape index (κ3) is 7.20. The van der Waals surface area contributed by atoms with Crippen molar-refractivity contribution in [2.24, 2.45) is 5.92 Å². The van der Waals surface area contributed by atoms with E-state index < -0.39 is 0 Å². The molecule has 0 bridgehead atoms. The molecule has 1 atom stereocenters. The molecule has 1 rings (SSSR count). The molecule has 0 aromatic carbocycles. The van der Waals surface area contributed by atoms with Gasteiger partial charge in [-0.1, -0.05) is 13.8 Å². The van der Waals surface area contributed by atoms with Crippen LogP contribution in [-0.4, -0.2) is 37.3 Å². The van der Waals surface area contributed by atoms with Crippen molar-refractivity contribution >= 4 is 11.8 Å². The molecule has 1 fully saturated rings. The smallest absolute Gasteiger partial charge is 0.0666 e. The van der Waals surface area contributed by atoms with Crippen molar-refractivity contribution in [3.63, 3.8) is 0 Å². The summed E-state index contributed by atoms with van der Waals surface area (Å²) >= 11 is 2.04. The second-order valence-corrected chi connectivity index (χ2v) is 5.81. The van der Waals surface area contributed by atoms with Crippen LogP contribution >= 0.6 is 11.8 Å². The van der Waals surface area contributed by atoms with Gasteiger partial charge in [0.2, 0.25) is 0 Å². The van der Waals surface area contributed by atoms with E-state index in [1.54, 1.807) is 0 Å². The van der Waals surface area contributed by atoms with Gasteiger partial charge in [-0.05, 0) is 44.0 Å². The van der Waals surface area contributed by atoms with E-state index in [1.165, 1.54) is 30.8 Å². The molecule has 1 heterocycles. The van der Waals surface area contributed by atoms with Crippen LogP contribution in [0.3, 0.4) is 0 Å². The molecule has 3 heteroatoms. The van der Waals surface area contributed by atoms with Gasteiger partial charge >= 0.3 is 0 Å². The van der Waals surface area contributed by atoms with Gasteiger partial charge in [0, 0.05) is 12.4 Å². The van der Waals surface area contributed by atoms with Crippen LogP contribution in [0.4, 0.5) is 0 Å². The number of nitrogens with one attached hydrogen (secondary N) is 1. The Bertz CT molecular complexity index is 147. The molecule has 1 aliphatic rings. The molecule has 1 unspecified atom stereocenters. The number of thioether (sulfide) groups is 1. The second-order valence-electron chi connectivity index (χ2n) is 4.66. The van der Waals surface area contributed by atoms with Crippen LogP contribution in [-0.2, 0) is 4.74 Å². The zero-order valence-corrected chi connectivity index (χ0v) is 10.9. The zero-order chi connectivity index (χ0) is 10.9. The largest absolute Gasteiger partial charge is 0.377 e. The first kappa shape index (κ1) is 13.3. The Morgan fingerprint density at radius 1 is 1.47 bits per heavy atom. The minimum atomic E-state index is 0.554. The van der Waals surface area contributed by atoms with Crippen molar-refractivity contribution in [3.8, 4) is 0 Å². The Kier molecular flexibility index (Phi) is 7.49. The van der Waals surface area contributed by atoms with Crippen LogP contribution in [0.2, 0.25) is 0 Å². The zero-order valence-electron chi connectivity index (χ0n) is 10.1. The fourth-order valence-electron chi connectivity index (χ4n) is 1.68. The number of rotatable bonds is 8. The average molecular weight is 231 g/mol. The van der Waals surface area contributed by atoms with Crippen LogP contribution in [0.25, 0.3) is 0 Å². The summed E-state index contributed by atoms with van der Waals surface area (Å²) < 4.78 is 5.58. The molecule has 1 aliphatic heterocycles. The fourth-order valence-corrected chi connectivity index (χ4v) is 2.72. The maximum atomic E-state index is 5.58. The second kappa shape index (κ2) is 8.43. The van der Waals surface area contributed by atoms with Crippen LogP contribution < -0.4 is 5.32 Å². The van der Waals surface area contributed by atoms with Crippen LogP contribution in [0, 0.1) is 5.92 Å². The van der Waals surface area contributed by atoms with Gasteiger partial charge in [0.05, 0.1) is 6.10 Å². The highest BCUT2D eigenvalue weighted by Gasteiger charge is 2.14. The van der Waals surface area contributed by atoms with Crippen LogP contribution in [0.15, 0.2) is 0 Å². The van der Waals surface area contributed by atoms with Crippen molar-refractivity contribution in [1.29, 1.82) is 0 Å². The summed E-state index contributed by atoms with van der Waals surface area (Å²) in [6, 6.07) is 0. The SMILES string of the molecule is CC(C)CNCCCSCC1CCCO1. The molecule has 1 N–H and O–H groups in total. The Balaban J connectivity index is 1.76. The lowest BCUT2D eigenvalue weighted by molar-refractivity contribution is 0.129. The minimum absolute atomic E-state index is 0.554. The first-order valence-electron chi connectivity index (χ1n) is 6.19. The van der Waals surface area contributed by atoms with Gasteiger partial charge in [0.15, 0.2) is 0 Å². The lowest BCUT2D eigenvalue weighted by Crippen LogP contribution is -2.21. The van der Waals surface area contributed by atoms with Gasteiger partial charge in [0.25, 0.3) is 0 Å². The Hall–Kier alpha value is 0.270. The molecule has 0 aliphatic carbocycles. The summed E-state index contributed by atoms with van der Waals surface area (Å²) in [6.45, 7) is 7.80. The molecular weight excluding hydrogens is 206 g/mol. The number of hydrogen-bond donors (Lipinski definition) is 1. The predicted octanol–water partition coefficient (Wildman–Crippen LogP) is 2.53. The summed E-state index contributed by atoms with van der Waals surface area (Å²) in [5, 5.41) is 3.47. The minimum Gasteiger partial charge on any atom is -0.377 e. The maximum Gasteiger partial charge on any atom is 0.0666 e. The molecule has 0 saturated carbocycles. The fraction of sp³-hybridized carbons (Fsp3) is 1.00. The normalized spacial score (nSPS) is 21.4. The van der Waals surface area contributed by atoms with E-state index in [9.17, 15) is 0 Å². The molecule has 0 aromatic rings. The molecular formula is C12H25NOS. The monoisotopic (exact) mass is 231 g/mol. The highest BCUT2D eigenvalue weighted by molar-refractivity contribution is 7.99. The molecule has 15 heavy (non-hydrogen) atoms. The highest BCUT2D eigenvalue weighted by atomic mass is 32.2. The molecule has 0 radical (unpaired) electrons. The van der Waals surface area contributed by atoms with Crippen LogP contribution in [0.1, 0.15) is 33.1 Å². The van der Waals surface area contributed by atoms with Crippen molar-refractivity contribution in [3.05, 3.63) is 0 Å². The van der Waals surface area contributed by atoms with Crippen molar-refractivity contribution in [2.45, 2.75) is 39.2 Å². The average Bonchev–Trinajstić information content (AvgIpc) is 2.68. The lowest BCUT2D eigenvalue weighted by atomic mass is 10.2. The summed E-state index contributed by atoms with van der Waals surface area (Å²) in [5.74, 6) is 3.24. The van der Waals surface area contributed by atoms with E-state index in [0.717, 1.165) is 25.6 Å². The van der Waals surface area contributed by atoms with Gasteiger partial charge in [-0.15, -0.1) is 0 Å². The topological polar surface area (TPSA) is 21.3 Å². The van der Waals surface area contributed by atoms with Crippen molar-refractivity contribution in [1.82, 2.24) is 5.32 Å². The molecule has 2 nitrogen and oxygen atoms in total. The Labute approximate surface area is 98.5 Å². The summed E-state index contributed by atoms with van der Waals surface area (Å²) in [4.78, 5) is 0. The van der Waals surface area contributed by atoms with Crippen molar-refractivity contribution < 1.29 is 4.74 Å². The molecule has 0 amide bonds. The van der Waals surface area contributed by atoms with Gasteiger partial charge in [-0.25, -0.2) is 0 Å². The highest BCUT2D eigenvalue weighted by Crippen LogP contribution is 2.17. The molecule has 1 saturated heterocycles.